The molecule has 0 fully saturated rings. The van der Waals surface area contributed by atoms with Gasteiger partial charge in [0.1, 0.15) is 5.58 Å². The molecule has 0 atom stereocenters. The summed E-state index contributed by atoms with van der Waals surface area (Å²) in [6, 6.07) is 27.4. The van der Waals surface area contributed by atoms with E-state index in [0.29, 0.717) is 11.0 Å². The summed E-state index contributed by atoms with van der Waals surface area (Å²) in [6.45, 7) is 0. The van der Waals surface area contributed by atoms with E-state index in [1.807, 2.05) is 54.6 Å². The van der Waals surface area contributed by atoms with E-state index in [4.69, 9.17) is 4.42 Å². The number of fused-ring (bicyclic) bond motifs is 1. The van der Waals surface area contributed by atoms with Gasteiger partial charge in [0.2, 0.25) is 0 Å². The van der Waals surface area contributed by atoms with E-state index in [1.54, 1.807) is 0 Å². The largest absolute Gasteiger partial charge is 0.464 e. The lowest BCUT2D eigenvalue weighted by Crippen LogP contribution is -2.02. The molecule has 0 unspecified atom stereocenters. The van der Waals surface area contributed by atoms with Crippen LogP contribution in [0.25, 0.3) is 22.6 Å². The second kappa shape index (κ2) is 6.62. The topological polar surface area (TPSA) is 30.2 Å². The molecule has 2 nitrogen and oxygen atoms in total. The quantitative estimate of drug-likeness (QED) is 0.473. The highest BCUT2D eigenvalue weighted by Gasteiger charge is 2.12. The Labute approximate surface area is 145 Å². The highest BCUT2D eigenvalue weighted by atomic mass is 16.3. The Bertz CT molecular complexity index is 1090. The molecular weight excluding hydrogens is 308 g/mol. The molecule has 4 aromatic rings. The molecule has 0 spiro atoms. The summed E-state index contributed by atoms with van der Waals surface area (Å²) in [6.07, 6.45) is 3.55. The van der Waals surface area contributed by atoms with E-state index in [1.165, 1.54) is 12.3 Å². The van der Waals surface area contributed by atoms with E-state index in [9.17, 15) is 4.79 Å². The summed E-state index contributed by atoms with van der Waals surface area (Å²) in [4.78, 5) is 12.5. The van der Waals surface area contributed by atoms with Crippen LogP contribution in [0.4, 0.5) is 0 Å². The molecule has 1 aromatic heterocycles. The van der Waals surface area contributed by atoms with Gasteiger partial charge >= 0.3 is 0 Å². The van der Waals surface area contributed by atoms with Crippen LogP contribution in [0.1, 0.15) is 16.7 Å². The van der Waals surface area contributed by atoms with Gasteiger partial charge in [0.25, 0.3) is 0 Å². The molecule has 0 amide bonds. The first-order chi connectivity index (χ1) is 12.3. The average molecular weight is 324 g/mol. The van der Waals surface area contributed by atoms with Crippen LogP contribution in [0.15, 0.2) is 100 Å². The molecular formula is C23H16O2. The van der Waals surface area contributed by atoms with Gasteiger partial charge in [0.05, 0.1) is 11.6 Å². The van der Waals surface area contributed by atoms with Crippen LogP contribution in [-0.4, -0.2) is 0 Å². The van der Waals surface area contributed by atoms with Gasteiger partial charge in [0.15, 0.2) is 5.43 Å². The van der Waals surface area contributed by atoms with Crippen LogP contribution in [-0.2, 0) is 0 Å². The van der Waals surface area contributed by atoms with E-state index in [-0.39, 0.29) is 5.43 Å². The lowest BCUT2D eigenvalue weighted by molar-refractivity contribution is 0.602. The SMILES string of the molecule is O=c1ccoc2cccc(/C(=C\c3ccccc3)c3ccccc3)c12. The monoisotopic (exact) mass is 324 g/mol. The number of hydrogen-bond acceptors (Lipinski definition) is 2. The number of hydrogen-bond donors (Lipinski definition) is 0. The standard InChI is InChI=1S/C23H16O2/c24-21-14-15-25-22-13-7-12-19(23(21)22)20(18-10-5-2-6-11-18)16-17-8-3-1-4-9-17/h1-16H/b20-16-. The average Bonchev–Trinajstić information content (AvgIpc) is 2.67. The summed E-state index contributed by atoms with van der Waals surface area (Å²) in [7, 11) is 0. The fourth-order valence-electron chi connectivity index (χ4n) is 3.01. The molecule has 1 heterocycles. The smallest absolute Gasteiger partial charge is 0.193 e. The van der Waals surface area contributed by atoms with Gasteiger partial charge in [-0.25, -0.2) is 0 Å². The normalized spacial score (nSPS) is 11.6. The van der Waals surface area contributed by atoms with E-state index in [0.717, 1.165) is 22.3 Å². The summed E-state index contributed by atoms with van der Waals surface area (Å²) in [5.41, 5.74) is 4.57. The first-order valence-electron chi connectivity index (χ1n) is 8.16. The van der Waals surface area contributed by atoms with Gasteiger partial charge in [-0.2, -0.15) is 0 Å². The highest BCUT2D eigenvalue weighted by Crippen LogP contribution is 2.30. The lowest BCUT2D eigenvalue weighted by atomic mass is 9.93. The minimum Gasteiger partial charge on any atom is -0.464 e. The van der Waals surface area contributed by atoms with Crippen molar-refractivity contribution in [2.24, 2.45) is 0 Å². The van der Waals surface area contributed by atoms with Crippen molar-refractivity contribution in [3.8, 4) is 0 Å². The summed E-state index contributed by atoms with van der Waals surface area (Å²) in [5.74, 6) is 0. The minimum atomic E-state index is -0.0354. The maximum atomic E-state index is 12.5. The third kappa shape index (κ3) is 3.02. The van der Waals surface area contributed by atoms with E-state index >= 15 is 0 Å². The van der Waals surface area contributed by atoms with Crippen LogP contribution in [0.2, 0.25) is 0 Å². The summed E-state index contributed by atoms with van der Waals surface area (Å²) >= 11 is 0. The first kappa shape index (κ1) is 15.2. The molecule has 0 saturated heterocycles. The lowest BCUT2D eigenvalue weighted by Gasteiger charge is -2.11. The first-order valence-corrected chi connectivity index (χ1v) is 8.16. The van der Waals surface area contributed by atoms with Gasteiger partial charge in [-0.05, 0) is 34.4 Å². The third-order valence-electron chi connectivity index (χ3n) is 4.17. The Morgan fingerprint density at radius 2 is 1.48 bits per heavy atom. The van der Waals surface area contributed by atoms with Crippen molar-refractivity contribution in [2.45, 2.75) is 0 Å². The zero-order chi connectivity index (χ0) is 17.1. The van der Waals surface area contributed by atoms with Gasteiger partial charge in [-0.15, -0.1) is 0 Å². The summed E-state index contributed by atoms with van der Waals surface area (Å²) < 4.78 is 5.54. The molecule has 0 aliphatic heterocycles. The Morgan fingerprint density at radius 3 is 2.24 bits per heavy atom. The molecule has 0 bridgehead atoms. The van der Waals surface area contributed by atoms with Crippen molar-refractivity contribution in [1.82, 2.24) is 0 Å². The van der Waals surface area contributed by atoms with E-state index < -0.39 is 0 Å². The van der Waals surface area contributed by atoms with Crippen molar-refractivity contribution in [3.63, 3.8) is 0 Å². The van der Waals surface area contributed by atoms with Crippen LogP contribution >= 0.6 is 0 Å². The predicted octanol–water partition coefficient (Wildman–Crippen LogP) is 5.38. The molecule has 2 heteroatoms. The Kier molecular flexibility index (Phi) is 4.01. The molecule has 120 valence electrons. The fraction of sp³-hybridized carbons (Fsp3) is 0. The third-order valence-corrected chi connectivity index (χ3v) is 4.17. The molecule has 25 heavy (non-hydrogen) atoms. The predicted molar refractivity (Wildman–Crippen MR) is 102 cm³/mol. The van der Waals surface area contributed by atoms with Crippen molar-refractivity contribution < 1.29 is 4.42 Å². The van der Waals surface area contributed by atoms with Crippen LogP contribution < -0.4 is 5.43 Å². The van der Waals surface area contributed by atoms with Gasteiger partial charge in [0, 0.05) is 6.07 Å². The molecule has 0 aliphatic rings. The Balaban J connectivity index is 2.03. The minimum absolute atomic E-state index is 0.0354. The molecule has 4 rings (SSSR count). The second-order valence-electron chi connectivity index (χ2n) is 5.80. The fourth-order valence-corrected chi connectivity index (χ4v) is 3.01. The van der Waals surface area contributed by atoms with Crippen molar-refractivity contribution in [1.29, 1.82) is 0 Å². The van der Waals surface area contributed by atoms with Crippen molar-refractivity contribution in [2.75, 3.05) is 0 Å². The zero-order valence-corrected chi connectivity index (χ0v) is 13.6. The van der Waals surface area contributed by atoms with E-state index in [2.05, 4.69) is 30.3 Å². The number of rotatable bonds is 3. The van der Waals surface area contributed by atoms with Crippen molar-refractivity contribution in [3.05, 3.63) is 118 Å². The van der Waals surface area contributed by atoms with Gasteiger partial charge < -0.3 is 4.42 Å². The molecule has 0 aliphatic carbocycles. The van der Waals surface area contributed by atoms with Gasteiger partial charge in [-0.3, -0.25) is 4.79 Å². The highest BCUT2D eigenvalue weighted by molar-refractivity contribution is 6.00. The molecule has 0 saturated carbocycles. The Hall–Kier alpha value is -3.39. The maximum Gasteiger partial charge on any atom is 0.193 e. The zero-order valence-electron chi connectivity index (χ0n) is 13.6. The second-order valence-corrected chi connectivity index (χ2v) is 5.80. The molecule has 3 aromatic carbocycles. The Morgan fingerprint density at radius 1 is 0.760 bits per heavy atom. The van der Waals surface area contributed by atoms with Crippen LogP contribution in [0, 0.1) is 0 Å². The molecule has 0 N–H and O–H groups in total. The van der Waals surface area contributed by atoms with Crippen LogP contribution in [0.5, 0.6) is 0 Å². The molecule has 0 radical (unpaired) electrons. The van der Waals surface area contributed by atoms with Crippen molar-refractivity contribution >= 4 is 22.6 Å². The maximum absolute atomic E-state index is 12.5. The summed E-state index contributed by atoms with van der Waals surface area (Å²) in [5, 5.41) is 0.607. The number of benzene rings is 3. The van der Waals surface area contributed by atoms with Gasteiger partial charge in [-0.1, -0.05) is 72.8 Å². The van der Waals surface area contributed by atoms with Crippen LogP contribution in [0.3, 0.4) is 0 Å².